The van der Waals surface area contributed by atoms with Gasteiger partial charge in [0.2, 0.25) is 0 Å². The number of hydrogen-bond donors (Lipinski definition) is 0. The molecule has 37 heavy (non-hydrogen) atoms. The molecule has 0 amide bonds. The molecule has 1 aliphatic carbocycles. The summed E-state index contributed by atoms with van der Waals surface area (Å²) in [4.78, 5) is 22.3. The Kier molecular flexibility index (Phi) is 7.48. The Bertz CT molecular complexity index is 1090. The number of rotatable bonds is 5. The van der Waals surface area contributed by atoms with Crippen LogP contribution in [0, 0.1) is 6.92 Å². The molecule has 2 aromatic heterocycles. The Morgan fingerprint density at radius 3 is 2.54 bits per heavy atom. The van der Waals surface area contributed by atoms with Crippen molar-refractivity contribution in [2.45, 2.75) is 89.7 Å². The van der Waals surface area contributed by atoms with Gasteiger partial charge in [-0.05, 0) is 69.4 Å². The van der Waals surface area contributed by atoms with Crippen LogP contribution in [-0.2, 0) is 10.8 Å². The maximum Gasteiger partial charge on any atom is 0.192 e. The highest BCUT2D eigenvalue weighted by molar-refractivity contribution is 6.74. The lowest BCUT2D eigenvalue weighted by atomic mass is 9.90. The number of likely N-dealkylation sites (N-methyl/N-ethyl adjacent to an activating group) is 1. The van der Waals surface area contributed by atoms with Gasteiger partial charge in [-0.3, -0.25) is 9.88 Å². The van der Waals surface area contributed by atoms with Gasteiger partial charge in [0.25, 0.3) is 0 Å². The predicted octanol–water partition coefficient (Wildman–Crippen LogP) is 5.15. The fourth-order valence-electron chi connectivity index (χ4n) is 5.99. The second-order valence-corrected chi connectivity index (χ2v) is 17.6. The maximum atomic E-state index is 7.03. The van der Waals surface area contributed by atoms with Gasteiger partial charge in [-0.2, -0.15) is 0 Å². The highest BCUT2D eigenvalue weighted by atomic mass is 28.4. The number of aryl methyl sites for hydroxylation is 2. The lowest BCUT2D eigenvalue weighted by Crippen LogP contribution is -2.45. The molecule has 0 aromatic carbocycles. The Labute approximate surface area is 224 Å². The zero-order valence-electron chi connectivity index (χ0n) is 24.0. The minimum Gasteiger partial charge on any atom is -0.413 e. The van der Waals surface area contributed by atoms with Crippen molar-refractivity contribution in [3.05, 3.63) is 47.2 Å². The molecule has 0 N–H and O–H groups in total. The van der Waals surface area contributed by atoms with E-state index >= 15 is 0 Å². The summed E-state index contributed by atoms with van der Waals surface area (Å²) in [7, 11) is 0.303. The quantitative estimate of drug-likeness (QED) is 0.504. The summed E-state index contributed by atoms with van der Waals surface area (Å²) in [6, 6.07) is 7.14. The van der Waals surface area contributed by atoms with E-state index in [9.17, 15) is 0 Å². The summed E-state index contributed by atoms with van der Waals surface area (Å²) in [5, 5.41) is 0.189. The molecule has 4 heterocycles. The van der Waals surface area contributed by atoms with Crippen LogP contribution in [0.15, 0.2) is 24.4 Å². The average molecular weight is 523 g/mol. The summed E-state index contributed by atoms with van der Waals surface area (Å²) in [5.41, 5.74) is 3.81. The Balaban J connectivity index is 1.48. The van der Waals surface area contributed by atoms with Gasteiger partial charge in [-0.15, -0.1) is 0 Å². The van der Waals surface area contributed by atoms with Crippen molar-refractivity contribution < 1.29 is 4.43 Å². The molecule has 5 rings (SSSR count). The van der Waals surface area contributed by atoms with Crippen LogP contribution in [0.2, 0.25) is 18.1 Å². The van der Waals surface area contributed by atoms with E-state index in [1.807, 2.05) is 13.1 Å². The predicted molar refractivity (Wildman–Crippen MR) is 153 cm³/mol. The number of anilines is 1. The molecule has 2 aliphatic heterocycles. The van der Waals surface area contributed by atoms with E-state index < -0.39 is 8.32 Å². The second-order valence-electron chi connectivity index (χ2n) is 12.9. The zero-order valence-corrected chi connectivity index (χ0v) is 25.0. The summed E-state index contributed by atoms with van der Waals surface area (Å²) in [6.45, 7) is 18.9. The minimum absolute atomic E-state index is 0.189. The van der Waals surface area contributed by atoms with Gasteiger partial charge in [-0.1, -0.05) is 26.8 Å². The molecule has 0 radical (unpaired) electrons. The van der Waals surface area contributed by atoms with E-state index in [2.05, 4.69) is 73.8 Å². The van der Waals surface area contributed by atoms with E-state index in [1.54, 1.807) is 0 Å². The van der Waals surface area contributed by atoms with Gasteiger partial charge in [-0.25, -0.2) is 9.97 Å². The number of likely N-dealkylation sites (tertiary alicyclic amines) is 1. The number of pyridine rings is 1. The first kappa shape index (κ1) is 26.7. The van der Waals surface area contributed by atoms with E-state index in [0.717, 1.165) is 69.3 Å². The van der Waals surface area contributed by atoms with Crippen LogP contribution in [0.3, 0.4) is 0 Å². The summed E-state index contributed by atoms with van der Waals surface area (Å²) < 4.78 is 7.03. The molecule has 2 saturated heterocycles. The number of hydrogen-bond acceptors (Lipinski definition) is 7. The van der Waals surface area contributed by atoms with Crippen molar-refractivity contribution in [3.63, 3.8) is 0 Å². The van der Waals surface area contributed by atoms with Crippen LogP contribution in [0.5, 0.6) is 0 Å². The van der Waals surface area contributed by atoms with E-state index in [1.165, 1.54) is 17.7 Å². The van der Waals surface area contributed by atoms with Crippen LogP contribution in [0.25, 0.3) is 0 Å². The van der Waals surface area contributed by atoms with E-state index in [4.69, 9.17) is 19.4 Å². The molecule has 1 unspecified atom stereocenters. The first-order valence-corrected chi connectivity index (χ1v) is 17.1. The number of piperazine rings is 1. The van der Waals surface area contributed by atoms with Gasteiger partial charge in [0.1, 0.15) is 11.6 Å². The van der Waals surface area contributed by atoms with Crippen LogP contribution < -0.4 is 4.90 Å². The monoisotopic (exact) mass is 522 g/mol. The summed E-state index contributed by atoms with van der Waals surface area (Å²) in [5.74, 6) is 1.94. The third kappa shape index (κ3) is 5.63. The molecule has 0 spiro atoms. The molecule has 7 nitrogen and oxygen atoms in total. The van der Waals surface area contributed by atoms with Crippen molar-refractivity contribution >= 4 is 14.1 Å². The Morgan fingerprint density at radius 1 is 1.05 bits per heavy atom. The van der Waals surface area contributed by atoms with Crippen LogP contribution in [0.4, 0.5) is 5.82 Å². The number of nitrogens with zero attached hydrogens (tertiary/aromatic N) is 6. The Hall–Kier alpha value is -1.87. The molecule has 2 aromatic rings. The largest absolute Gasteiger partial charge is 0.413 e. The third-order valence-electron chi connectivity index (χ3n) is 9.15. The smallest absolute Gasteiger partial charge is 0.192 e. The molecule has 0 saturated carbocycles. The molecule has 202 valence electrons. The standard InChI is InChI=1S/C29H46N6OSi/c1-21-31-24(19-27(32-21)34-16-14-33(5)15-17-34)26-18-23(36-37(6,7)29(2,3)4)20-35(26)25-12-8-10-22-11-9-13-30-28(22)25/h9,11,13,19,23,25-26H,8,10,12,14-18,20H2,1-7H3/t23-,25+,26?/m1/s1. The maximum absolute atomic E-state index is 7.03. The fourth-order valence-corrected chi connectivity index (χ4v) is 7.34. The molecule has 0 bridgehead atoms. The van der Waals surface area contributed by atoms with Crippen LogP contribution in [0.1, 0.15) is 74.9 Å². The molecule has 3 aliphatic rings. The normalized spacial score (nSPS) is 25.9. The van der Waals surface area contributed by atoms with Gasteiger partial charge in [0.15, 0.2) is 8.32 Å². The van der Waals surface area contributed by atoms with Crippen molar-refractivity contribution in [2.24, 2.45) is 0 Å². The summed E-state index contributed by atoms with van der Waals surface area (Å²) in [6.07, 6.45) is 6.62. The molecule has 2 fully saturated rings. The SMILES string of the molecule is Cc1nc(C2C[C@@H](O[Si](C)(C)C(C)(C)C)CN2[C@H]2CCCc3cccnc32)cc(N2CCN(C)CC2)n1. The average Bonchev–Trinajstić information content (AvgIpc) is 3.26. The molecule has 3 atom stereocenters. The second kappa shape index (κ2) is 10.4. The highest BCUT2D eigenvalue weighted by Crippen LogP contribution is 2.46. The lowest BCUT2D eigenvalue weighted by molar-refractivity contribution is 0.135. The number of aromatic nitrogens is 3. The number of fused-ring (bicyclic) bond motifs is 1. The van der Waals surface area contributed by atoms with Crippen molar-refractivity contribution in [3.8, 4) is 0 Å². The van der Waals surface area contributed by atoms with Crippen LogP contribution in [-0.4, -0.2) is 78.9 Å². The van der Waals surface area contributed by atoms with Gasteiger partial charge in [0, 0.05) is 45.0 Å². The van der Waals surface area contributed by atoms with Gasteiger partial charge in [0.05, 0.1) is 29.6 Å². The molecular weight excluding hydrogens is 476 g/mol. The highest BCUT2D eigenvalue weighted by Gasteiger charge is 2.45. The van der Waals surface area contributed by atoms with Crippen LogP contribution >= 0.6 is 0 Å². The zero-order chi connectivity index (χ0) is 26.4. The topological polar surface area (TPSA) is 57.6 Å². The van der Waals surface area contributed by atoms with E-state index in [-0.39, 0.29) is 17.2 Å². The van der Waals surface area contributed by atoms with Gasteiger partial charge < -0.3 is 14.2 Å². The third-order valence-corrected chi connectivity index (χ3v) is 13.7. The minimum atomic E-state index is -1.89. The van der Waals surface area contributed by atoms with Crippen molar-refractivity contribution in [2.75, 3.05) is 44.7 Å². The van der Waals surface area contributed by atoms with E-state index in [0.29, 0.717) is 6.04 Å². The summed E-state index contributed by atoms with van der Waals surface area (Å²) >= 11 is 0. The molecule has 8 heteroatoms. The fraction of sp³-hybridized carbons (Fsp3) is 0.690. The van der Waals surface area contributed by atoms with Crippen molar-refractivity contribution in [1.82, 2.24) is 24.8 Å². The van der Waals surface area contributed by atoms with Gasteiger partial charge >= 0.3 is 0 Å². The first-order chi connectivity index (χ1) is 17.5. The first-order valence-electron chi connectivity index (χ1n) is 14.2. The molecular formula is C29H46N6OSi. The van der Waals surface area contributed by atoms with Crippen molar-refractivity contribution in [1.29, 1.82) is 0 Å². The lowest BCUT2D eigenvalue weighted by Gasteiger charge is -2.39. The Morgan fingerprint density at radius 2 is 1.81 bits per heavy atom.